The average molecular weight is 168 g/mol. The van der Waals surface area contributed by atoms with Crippen molar-refractivity contribution >= 4 is 0 Å². The molecule has 12 heavy (non-hydrogen) atoms. The molecular formula is C10H20N2. The Morgan fingerprint density at radius 2 is 1.92 bits per heavy atom. The SMILES string of the molecule is C1CCN(CCC2CCN2)CC1. The van der Waals surface area contributed by atoms with Gasteiger partial charge in [-0.05, 0) is 51.9 Å². The third kappa shape index (κ3) is 2.20. The molecule has 2 saturated heterocycles. The summed E-state index contributed by atoms with van der Waals surface area (Å²) in [7, 11) is 0. The molecule has 2 fully saturated rings. The van der Waals surface area contributed by atoms with Crippen LogP contribution in [0, 0.1) is 0 Å². The monoisotopic (exact) mass is 168 g/mol. The molecule has 0 amide bonds. The number of nitrogens with zero attached hydrogens (tertiary/aromatic N) is 1. The summed E-state index contributed by atoms with van der Waals surface area (Å²) >= 11 is 0. The molecular weight excluding hydrogens is 148 g/mol. The van der Waals surface area contributed by atoms with Gasteiger partial charge in [0.25, 0.3) is 0 Å². The molecule has 0 saturated carbocycles. The number of rotatable bonds is 3. The maximum Gasteiger partial charge on any atom is 0.00913 e. The molecule has 0 bridgehead atoms. The van der Waals surface area contributed by atoms with Crippen molar-refractivity contribution < 1.29 is 0 Å². The molecule has 0 aliphatic carbocycles. The highest BCUT2D eigenvalue weighted by atomic mass is 15.1. The summed E-state index contributed by atoms with van der Waals surface area (Å²) in [5.41, 5.74) is 0. The van der Waals surface area contributed by atoms with Gasteiger partial charge in [0.1, 0.15) is 0 Å². The number of hydrogen-bond acceptors (Lipinski definition) is 2. The van der Waals surface area contributed by atoms with Crippen LogP contribution in [-0.4, -0.2) is 37.1 Å². The van der Waals surface area contributed by atoms with Gasteiger partial charge in [-0.2, -0.15) is 0 Å². The van der Waals surface area contributed by atoms with Crippen LogP contribution in [0.2, 0.25) is 0 Å². The molecule has 2 heterocycles. The van der Waals surface area contributed by atoms with Crippen LogP contribution in [0.4, 0.5) is 0 Å². The zero-order chi connectivity index (χ0) is 8.23. The average Bonchev–Trinajstić information content (AvgIpc) is 2.04. The second-order valence-electron chi connectivity index (χ2n) is 4.13. The Hall–Kier alpha value is -0.0800. The van der Waals surface area contributed by atoms with Gasteiger partial charge in [0.05, 0.1) is 0 Å². The Balaban J connectivity index is 1.58. The lowest BCUT2D eigenvalue weighted by Gasteiger charge is -2.32. The maximum absolute atomic E-state index is 3.46. The summed E-state index contributed by atoms with van der Waals surface area (Å²) in [5.74, 6) is 0. The summed E-state index contributed by atoms with van der Waals surface area (Å²) in [5, 5.41) is 3.46. The number of hydrogen-bond donors (Lipinski definition) is 1. The number of nitrogens with one attached hydrogen (secondary N) is 1. The van der Waals surface area contributed by atoms with Gasteiger partial charge in [0, 0.05) is 6.04 Å². The van der Waals surface area contributed by atoms with E-state index >= 15 is 0 Å². The van der Waals surface area contributed by atoms with Crippen molar-refractivity contribution in [2.45, 2.75) is 38.1 Å². The van der Waals surface area contributed by atoms with E-state index in [9.17, 15) is 0 Å². The minimum Gasteiger partial charge on any atom is -0.314 e. The van der Waals surface area contributed by atoms with Crippen molar-refractivity contribution in [3.8, 4) is 0 Å². The van der Waals surface area contributed by atoms with Gasteiger partial charge in [-0.1, -0.05) is 6.42 Å². The van der Waals surface area contributed by atoms with Crippen LogP contribution in [0.15, 0.2) is 0 Å². The van der Waals surface area contributed by atoms with E-state index in [-0.39, 0.29) is 0 Å². The molecule has 1 N–H and O–H groups in total. The Kier molecular flexibility index (Phi) is 3.01. The second-order valence-corrected chi connectivity index (χ2v) is 4.13. The van der Waals surface area contributed by atoms with Crippen LogP contribution in [0.25, 0.3) is 0 Å². The predicted molar refractivity (Wildman–Crippen MR) is 51.3 cm³/mol. The van der Waals surface area contributed by atoms with Crippen LogP contribution in [0.5, 0.6) is 0 Å². The van der Waals surface area contributed by atoms with E-state index in [4.69, 9.17) is 0 Å². The Morgan fingerprint density at radius 3 is 2.50 bits per heavy atom. The van der Waals surface area contributed by atoms with Gasteiger partial charge in [0.15, 0.2) is 0 Å². The van der Waals surface area contributed by atoms with Crippen molar-refractivity contribution in [1.29, 1.82) is 0 Å². The van der Waals surface area contributed by atoms with Crippen LogP contribution in [0.3, 0.4) is 0 Å². The highest BCUT2D eigenvalue weighted by Gasteiger charge is 2.17. The molecule has 1 unspecified atom stereocenters. The predicted octanol–water partition coefficient (Wildman–Crippen LogP) is 1.22. The molecule has 0 aromatic heterocycles. The second kappa shape index (κ2) is 4.24. The zero-order valence-corrected chi connectivity index (χ0v) is 7.89. The van der Waals surface area contributed by atoms with Crippen molar-refractivity contribution in [2.75, 3.05) is 26.2 Å². The molecule has 2 heteroatoms. The minimum atomic E-state index is 0.854. The Labute approximate surface area is 75.3 Å². The van der Waals surface area contributed by atoms with Gasteiger partial charge in [-0.3, -0.25) is 0 Å². The lowest BCUT2D eigenvalue weighted by Crippen LogP contribution is -2.45. The zero-order valence-electron chi connectivity index (χ0n) is 7.89. The standard InChI is InChI=1S/C10H20N2/c1-2-7-12(8-3-1)9-5-10-4-6-11-10/h10-11H,1-9H2. The normalized spacial score (nSPS) is 31.5. The van der Waals surface area contributed by atoms with Crippen LogP contribution in [-0.2, 0) is 0 Å². The topological polar surface area (TPSA) is 15.3 Å². The summed E-state index contributed by atoms with van der Waals surface area (Å²) in [6.07, 6.45) is 7.10. The van der Waals surface area contributed by atoms with Gasteiger partial charge < -0.3 is 10.2 Å². The smallest absolute Gasteiger partial charge is 0.00913 e. The van der Waals surface area contributed by atoms with Gasteiger partial charge >= 0.3 is 0 Å². The van der Waals surface area contributed by atoms with E-state index in [0.29, 0.717) is 0 Å². The lowest BCUT2D eigenvalue weighted by atomic mass is 10.0. The summed E-state index contributed by atoms with van der Waals surface area (Å²) in [4.78, 5) is 2.63. The molecule has 1 atom stereocenters. The highest BCUT2D eigenvalue weighted by molar-refractivity contribution is 4.78. The van der Waals surface area contributed by atoms with Crippen LogP contribution < -0.4 is 5.32 Å². The molecule has 2 rings (SSSR count). The Morgan fingerprint density at radius 1 is 1.17 bits per heavy atom. The van der Waals surface area contributed by atoms with Crippen LogP contribution in [0.1, 0.15) is 32.1 Å². The number of likely N-dealkylation sites (tertiary alicyclic amines) is 1. The molecule has 2 aliphatic heterocycles. The quantitative estimate of drug-likeness (QED) is 0.681. The molecule has 2 aliphatic rings. The number of piperidine rings is 1. The Bertz CT molecular complexity index is 126. The first-order valence-corrected chi connectivity index (χ1v) is 5.41. The summed E-state index contributed by atoms with van der Waals surface area (Å²) < 4.78 is 0. The fourth-order valence-corrected chi connectivity index (χ4v) is 2.12. The van der Waals surface area contributed by atoms with Crippen molar-refractivity contribution in [3.05, 3.63) is 0 Å². The van der Waals surface area contributed by atoms with E-state index in [0.717, 1.165) is 6.04 Å². The molecule has 0 aromatic rings. The molecule has 0 spiro atoms. The third-order valence-electron chi connectivity index (χ3n) is 3.17. The fourth-order valence-electron chi connectivity index (χ4n) is 2.12. The molecule has 0 radical (unpaired) electrons. The third-order valence-corrected chi connectivity index (χ3v) is 3.17. The maximum atomic E-state index is 3.46. The minimum absolute atomic E-state index is 0.854. The van der Waals surface area contributed by atoms with Crippen molar-refractivity contribution in [1.82, 2.24) is 10.2 Å². The van der Waals surface area contributed by atoms with E-state index in [2.05, 4.69) is 10.2 Å². The van der Waals surface area contributed by atoms with Gasteiger partial charge in [-0.25, -0.2) is 0 Å². The molecule has 0 aromatic carbocycles. The largest absolute Gasteiger partial charge is 0.314 e. The highest BCUT2D eigenvalue weighted by Crippen LogP contribution is 2.12. The molecule has 70 valence electrons. The van der Waals surface area contributed by atoms with Crippen LogP contribution >= 0.6 is 0 Å². The fraction of sp³-hybridized carbons (Fsp3) is 1.00. The first kappa shape index (κ1) is 8.52. The van der Waals surface area contributed by atoms with E-state index in [1.165, 1.54) is 58.3 Å². The summed E-state index contributed by atoms with van der Waals surface area (Å²) in [6, 6.07) is 0.854. The van der Waals surface area contributed by atoms with Crippen molar-refractivity contribution in [3.63, 3.8) is 0 Å². The van der Waals surface area contributed by atoms with Gasteiger partial charge in [-0.15, -0.1) is 0 Å². The first-order valence-electron chi connectivity index (χ1n) is 5.41. The van der Waals surface area contributed by atoms with Crippen molar-refractivity contribution in [2.24, 2.45) is 0 Å². The van der Waals surface area contributed by atoms with E-state index in [1.54, 1.807) is 0 Å². The van der Waals surface area contributed by atoms with E-state index < -0.39 is 0 Å². The van der Waals surface area contributed by atoms with Gasteiger partial charge in [0.2, 0.25) is 0 Å². The lowest BCUT2D eigenvalue weighted by molar-refractivity contribution is 0.204. The first-order chi connectivity index (χ1) is 5.95. The van der Waals surface area contributed by atoms with E-state index in [1.807, 2.05) is 0 Å². The molecule has 2 nitrogen and oxygen atoms in total. The summed E-state index contributed by atoms with van der Waals surface area (Å²) in [6.45, 7) is 5.29.